The number of rotatable bonds is 5. The first-order chi connectivity index (χ1) is 16.4. The number of aryl methyl sites for hydroxylation is 2. The molecule has 3 aromatic rings. The molecule has 0 spiro atoms. The summed E-state index contributed by atoms with van der Waals surface area (Å²) in [6.45, 7) is 6.71. The van der Waals surface area contributed by atoms with Gasteiger partial charge in [0.15, 0.2) is 0 Å². The molecule has 178 valence electrons. The first kappa shape index (κ1) is 24.1. The lowest BCUT2D eigenvalue weighted by atomic mass is 10.0. The predicted molar refractivity (Wildman–Crippen MR) is 137 cm³/mol. The van der Waals surface area contributed by atoms with Crippen LogP contribution in [0.1, 0.15) is 36.0 Å². The van der Waals surface area contributed by atoms with Gasteiger partial charge in [-0.2, -0.15) is 0 Å². The van der Waals surface area contributed by atoms with E-state index in [1.165, 1.54) is 6.07 Å². The Kier molecular flexibility index (Phi) is 7.77. The topological polar surface area (TPSA) is 61.4 Å². The quantitative estimate of drug-likeness (QED) is 0.472. The summed E-state index contributed by atoms with van der Waals surface area (Å²) in [5.74, 6) is 1.38. The molecule has 1 saturated heterocycles. The molecule has 1 fully saturated rings. The number of anilines is 2. The Morgan fingerprint density at radius 1 is 1.09 bits per heavy atom. The Balaban J connectivity index is 1.53. The third-order valence-electron chi connectivity index (χ3n) is 5.97. The van der Waals surface area contributed by atoms with Gasteiger partial charge < -0.3 is 15.1 Å². The molecule has 0 radical (unpaired) electrons. The Bertz CT molecular complexity index is 1150. The predicted octanol–water partition coefficient (Wildman–Crippen LogP) is 5.58. The largest absolute Gasteiger partial charge is 0.354 e. The number of nitrogens with zero attached hydrogens (tertiary/aromatic N) is 4. The van der Waals surface area contributed by atoms with Crippen molar-refractivity contribution in [3.05, 3.63) is 81.5 Å². The van der Waals surface area contributed by atoms with Crippen molar-refractivity contribution in [2.75, 3.05) is 36.4 Å². The Morgan fingerprint density at radius 2 is 1.88 bits per heavy atom. The molecule has 34 heavy (non-hydrogen) atoms. The summed E-state index contributed by atoms with van der Waals surface area (Å²) in [5.41, 5.74) is 3.69. The Hall–Kier alpha value is -3.00. The molecule has 0 atom stereocenters. The van der Waals surface area contributed by atoms with E-state index in [4.69, 9.17) is 4.98 Å². The minimum atomic E-state index is -0.243. The average Bonchev–Trinajstić information content (AvgIpc) is 3.08. The summed E-state index contributed by atoms with van der Waals surface area (Å²) in [4.78, 5) is 26.4. The molecule has 4 rings (SSSR count). The second kappa shape index (κ2) is 11.0. The minimum Gasteiger partial charge on any atom is -0.354 e. The zero-order valence-electron chi connectivity index (χ0n) is 19.5. The van der Waals surface area contributed by atoms with Crippen LogP contribution in [0, 0.1) is 12.7 Å². The van der Waals surface area contributed by atoms with Crippen molar-refractivity contribution in [3.8, 4) is 0 Å². The molecule has 2 amide bonds. The maximum Gasteiger partial charge on any atom is 0.321 e. The molecule has 1 aliphatic heterocycles. The molecule has 1 N–H and O–H groups in total. The van der Waals surface area contributed by atoms with E-state index >= 15 is 0 Å². The van der Waals surface area contributed by atoms with Crippen molar-refractivity contribution in [2.24, 2.45) is 0 Å². The van der Waals surface area contributed by atoms with Crippen LogP contribution in [0.3, 0.4) is 0 Å². The SMILES string of the molecule is CCc1nc(C)nc(N2CCCN(C(=O)Nc3ccc(Br)cc3)CC2)c1Cc1cccc(F)c1. The summed E-state index contributed by atoms with van der Waals surface area (Å²) >= 11 is 3.42. The third kappa shape index (κ3) is 5.91. The van der Waals surface area contributed by atoms with Crippen molar-refractivity contribution in [1.82, 2.24) is 14.9 Å². The standard InChI is InChI=1S/C26H29BrFN5O/c1-3-24-23(17-19-6-4-7-21(28)16-19)25(30-18(2)29-24)32-12-5-13-33(15-14-32)26(34)31-22-10-8-20(27)9-11-22/h4,6-11,16H,3,5,12-15,17H2,1-2H3,(H,31,34). The molecule has 0 bridgehead atoms. The number of hydrogen-bond acceptors (Lipinski definition) is 4. The summed E-state index contributed by atoms with van der Waals surface area (Å²) in [6, 6.07) is 14.2. The van der Waals surface area contributed by atoms with Crippen molar-refractivity contribution in [2.45, 2.75) is 33.1 Å². The summed E-state index contributed by atoms with van der Waals surface area (Å²) < 4.78 is 14.8. The molecule has 1 aromatic heterocycles. The lowest BCUT2D eigenvalue weighted by Gasteiger charge is -2.26. The fourth-order valence-electron chi connectivity index (χ4n) is 4.29. The Morgan fingerprint density at radius 3 is 2.62 bits per heavy atom. The highest BCUT2D eigenvalue weighted by atomic mass is 79.9. The van der Waals surface area contributed by atoms with E-state index in [-0.39, 0.29) is 11.8 Å². The molecule has 0 saturated carbocycles. The van der Waals surface area contributed by atoms with Crippen LogP contribution in [0.5, 0.6) is 0 Å². The highest BCUT2D eigenvalue weighted by Gasteiger charge is 2.23. The smallest absolute Gasteiger partial charge is 0.321 e. The van der Waals surface area contributed by atoms with E-state index in [0.29, 0.717) is 26.1 Å². The summed E-state index contributed by atoms with van der Waals surface area (Å²) in [7, 11) is 0. The van der Waals surface area contributed by atoms with E-state index in [1.807, 2.05) is 42.2 Å². The number of halogens is 2. The van der Waals surface area contributed by atoms with Gasteiger partial charge in [-0.15, -0.1) is 0 Å². The van der Waals surface area contributed by atoms with Crippen LogP contribution < -0.4 is 10.2 Å². The number of urea groups is 1. The molecule has 1 aliphatic rings. The molecule has 0 unspecified atom stereocenters. The van der Waals surface area contributed by atoms with Crippen LogP contribution in [0.25, 0.3) is 0 Å². The molecular formula is C26H29BrFN5O. The van der Waals surface area contributed by atoms with E-state index < -0.39 is 0 Å². The average molecular weight is 526 g/mol. The Labute approximate surface area is 208 Å². The van der Waals surface area contributed by atoms with Gasteiger partial charge in [-0.3, -0.25) is 0 Å². The zero-order valence-corrected chi connectivity index (χ0v) is 21.1. The van der Waals surface area contributed by atoms with Gasteiger partial charge in [0.05, 0.1) is 0 Å². The van der Waals surface area contributed by atoms with E-state index in [2.05, 4.69) is 38.1 Å². The molecule has 0 aliphatic carbocycles. The maximum atomic E-state index is 13.8. The molecular weight excluding hydrogens is 497 g/mol. The van der Waals surface area contributed by atoms with Crippen molar-refractivity contribution in [1.29, 1.82) is 0 Å². The monoisotopic (exact) mass is 525 g/mol. The number of nitrogens with one attached hydrogen (secondary N) is 1. The van der Waals surface area contributed by atoms with Crippen LogP contribution in [0.2, 0.25) is 0 Å². The first-order valence-corrected chi connectivity index (χ1v) is 12.4. The van der Waals surface area contributed by atoms with Crippen LogP contribution in [0.4, 0.5) is 20.7 Å². The van der Waals surface area contributed by atoms with Gasteiger partial charge in [0.2, 0.25) is 0 Å². The van der Waals surface area contributed by atoms with Gasteiger partial charge in [0, 0.05) is 54.0 Å². The highest BCUT2D eigenvalue weighted by molar-refractivity contribution is 9.10. The second-order valence-corrected chi connectivity index (χ2v) is 9.36. The second-order valence-electron chi connectivity index (χ2n) is 8.44. The lowest BCUT2D eigenvalue weighted by molar-refractivity contribution is 0.215. The third-order valence-corrected chi connectivity index (χ3v) is 6.49. The normalized spacial score (nSPS) is 14.1. The fraction of sp³-hybridized carbons (Fsp3) is 0.346. The molecule has 2 aromatic carbocycles. The van der Waals surface area contributed by atoms with Crippen LogP contribution in [0.15, 0.2) is 53.0 Å². The molecule has 2 heterocycles. The number of hydrogen-bond donors (Lipinski definition) is 1. The van der Waals surface area contributed by atoms with Crippen LogP contribution in [-0.2, 0) is 12.8 Å². The van der Waals surface area contributed by atoms with Crippen molar-refractivity contribution < 1.29 is 9.18 Å². The molecule has 6 nitrogen and oxygen atoms in total. The number of carbonyl (C=O) groups excluding carboxylic acids is 1. The van der Waals surface area contributed by atoms with Crippen LogP contribution >= 0.6 is 15.9 Å². The maximum absolute atomic E-state index is 13.8. The van der Waals surface area contributed by atoms with Gasteiger partial charge >= 0.3 is 6.03 Å². The van der Waals surface area contributed by atoms with Gasteiger partial charge in [-0.1, -0.05) is 35.0 Å². The number of amides is 2. The lowest BCUT2D eigenvalue weighted by Crippen LogP contribution is -2.38. The van der Waals surface area contributed by atoms with Gasteiger partial charge in [0.25, 0.3) is 0 Å². The summed E-state index contributed by atoms with van der Waals surface area (Å²) in [5, 5.41) is 2.98. The minimum absolute atomic E-state index is 0.0997. The van der Waals surface area contributed by atoms with Crippen molar-refractivity contribution in [3.63, 3.8) is 0 Å². The van der Waals surface area contributed by atoms with Gasteiger partial charge in [0.1, 0.15) is 17.5 Å². The number of benzene rings is 2. The molecule has 8 heteroatoms. The first-order valence-electron chi connectivity index (χ1n) is 11.6. The van der Waals surface area contributed by atoms with E-state index in [0.717, 1.165) is 58.0 Å². The van der Waals surface area contributed by atoms with Crippen molar-refractivity contribution >= 4 is 33.5 Å². The summed E-state index contributed by atoms with van der Waals surface area (Å²) in [6.07, 6.45) is 2.18. The fourth-order valence-corrected chi connectivity index (χ4v) is 4.56. The number of carbonyl (C=O) groups is 1. The van der Waals surface area contributed by atoms with Gasteiger partial charge in [-0.05, 0) is 61.7 Å². The number of aromatic nitrogens is 2. The van der Waals surface area contributed by atoms with E-state index in [1.54, 1.807) is 12.1 Å². The van der Waals surface area contributed by atoms with Crippen LogP contribution in [-0.4, -0.2) is 47.1 Å². The van der Waals surface area contributed by atoms with E-state index in [9.17, 15) is 9.18 Å². The zero-order chi connectivity index (χ0) is 24.1. The highest BCUT2D eigenvalue weighted by Crippen LogP contribution is 2.26. The van der Waals surface area contributed by atoms with Gasteiger partial charge in [-0.25, -0.2) is 19.2 Å².